The molecule has 0 unspecified atom stereocenters. The van der Waals surface area contributed by atoms with Crippen molar-refractivity contribution in [2.24, 2.45) is 0 Å². The quantitative estimate of drug-likeness (QED) is 0.659. The summed E-state index contributed by atoms with van der Waals surface area (Å²) in [5.41, 5.74) is 2.30. The maximum atomic E-state index is 6.14. The highest BCUT2D eigenvalue weighted by Gasteiger charge is 2.17. The van der Waals surface area contributed by atoms with E-state index in [0.29, 0.717) is 21.2 Å². The average Bonchev–Trinajstić information content (AvgIpc) is 3.01. The molecule has 0 aromatic heterocycles. The van der Waals surface area contributed by atoms with Crippen LogP contribution in [0.2, 0.25) is 10.0 Å². The topological polar surface area (TPSA) is 9.23 Å². The molecule has 1 fully saturated rings. The minimum atomic E-state index is 0.447. The minimum absolute atomic E-state index is 0.447. The molecule has 0 bridgehead atoms. The summed E-state index contributed by atoms with van der Waals surface area (Å²) in [6.45, 7) is 0.447. The van der Waals surface area contributed by atoms with Gasteiger partial charge in [-0.2, -0.15) is 0 Å². The van der Waals surface area contributed by atoms with Crippen molar-refractivity contribution in [1.82, 2.24) is 0 Å². The van der Waals surface area contributed by atoms with E-state index >= 15 is 0 Å². The summed E-state index contributed by atoms with van der Waals surface area (Å²) in [5, 5.41) is 1.28. The van der Waals surface area contributed by atoms with Gasteiger partial charge in [-0.25, -0.2) is 0 Å². The summed E-state index contributed by atoms with van der Waals surface area (Å²) in [6.07, 6.45) is 0. The van der Waals surface area contributed by atoms with Crippen LogP contribution in [0.3, 0.4) is 0 Å². The molecule has 2 aromatic carbocycles. The van der Waals surface area contributed by atoms with Gasteiger partial charge in [0.2, 0.25) is 0 Å². The Bertz CT molecular complexity index is 610. The molecule has 0 amide bonds. The van der Waals surface area contributed by atoms with Gasteiger partial charge in [0.05, 0.1) is 4.58 Å². The van der Waals surface area contributed by atoms with Gasteiger partial charge in [-0.1, -0.05) is 41.4 Å². The summed E-state index contributed by atoms with van der Waals surface area (Å²) in [4.78, 5) is 0. The van der Waals surface area contributed by atoms with Crippen molar-refractivity contribution in [3.8, 4) is 5.75 Å². The number of rotatable bonds is 4. The Morgan fingerprint density at radius 3 is 2.38 bits per heavy atom. The SMILES string of the molecule is Clc1ccc(COc2ccc(C3SCCS3)cc2)c(Cl)c1. The monoisotopic (exact) mass is 356 g/mol. The fraction of sp³-hybridized carbons (Fsp3) is 0.250. The number of ether oxygens (including phenoxy) is 1. The Balaban J connectivity index is 1.62. The van der Waals surface area contributed by atoms with Crippen molar-refractivity contribution in [1.29, 1.82) is 0 Å². The molecule has 0 spiro atoms. The Labute approximate surface area is 143 Å². The molecule has 0 aliphatic carbocycles. The third kappa shape index (κ3) is 4.04. The summed E-state index contributed by atoms with van der Waals surface area (Å²) in [5.74, 6) is 3.34. The number of thioether (sulfide) groups is 2. The van der Waals surface area contributed by atoms with Gasteiger partial charge in [0, 0.05) is 27.1 Å². The standard InChI is InChI=1S/C16H14Cl2OS2/c17-13-4-1-12(15(18)9-13)10-19-14-5-2-11(3-6-14)16-20-7-8-21-16/h1-6,9,16H,7-8,10H2. The number of benzene rings is 2. The maximum Gasteiger partial charge on any atom is 0.119 e. The van der Waals surface area contributed by atoms with Crippen molar-refractivity contribution in [2.45, 2.75) is 11.2 Å². The highest BCUT2D eigenvalue weighted by Crippen LogP contribution is 2.45. The molecule has 0 atom stereocenters. The lowest BCUT2D eigenvalue weighted by atomic mass is 10.2. The molecule has 1 saturated heterocycles. The van der Waals surface area contributed by atoms with E-state index in [1.54, 1.807) is 6.07 Å². The summed E-state index contributed by atoms with van der Waals surface area (Å²) in [7, 11) is 0. The fourth-order valence-corrected chi connectivity index (χ4v) is 5.39. The van der Waals surface area contributed by atoms with E-state index in [9.17, 15) is 0 Å². The van der Waals surface area contributed by atoms with E-state index in [-0.39, 0.29) is 0 Å². The van der Waals surface area contributed by atoms with Gasteiger partial charge in [0.25, 0.3) is 0 Å². The van der Waals surface area contributed by atoms with E-state index in [1.165, 1.54) is 17.1 Å². The van der Waals surface area contributed by atoms with E-state index in [1.807, 2.05) is 47.8 Å². The number of halogens is 2. The van der Waals surface area contributed by atoms with Crippen molar-refractivity contribution < 1.29 is 4.74 Å². The fourth-order valence-electron chi connectivity index (χ4n) is 2.07. The van der Waals surface area contributed by atoms with E-state index < -0.39 is 0 Å². The lowest BCUT2D eigenvalue weighted by Crippen LogP contribution is -1.96. The van der Waals surface area contributed by atoms with Crippen LogP contribution in [0.15, 0.2) is 42.5 Å². The first kappa shape index (κ1) is 15.4. The highest BCUT2D eigenvalue weighted by atomic mass is 35.5. The molecule has 0 N–H and O–H groups in total. The highest BCUT2D eigenvalue weighted by molar-refractivity contribution is 8.19. The summed E-state index contributed by atoms with van der Waals surface area (Å²) >= 11 is 16.0. The van der Waals surface area contributed by atoms with Crippen LogP contribution in [0.1, 0.15) is 15.7 Å². The third-order valence-electron chi connectivity index (χ3n) is 3.18. The van der Waals surface area contributed by atoms with Crippen LogP contribution in [-0.2, 0) is 6.61 Å². The van der Waals surface area contributed by atoms with Crippen molar-refractivity contribution in [2.75, 3.05) is 11.5 Å². The summed E-state index contributed by atoms with van der Waals surface area (Å²) < 4.78 is 6.36. The normalized spacial score (nSPS) is 15.3. The second-order valence-electron chi connectivity index (χ2n) is 4.67. The maximum absolute atomic E-state index is 6.14. The third-order valence-corrected chi connectivity index (χ3v) is 6.87. The van der Waals surface area contributed by atoms with Crippen LogP contribution in [0.4, 0.5) is 0 Å². The second kappa shape index (κ2) is 7.19. The van der Waals surface area contributed by atoms with Crippen molar-refractivity contribution in [3.05, 3.63) is 63.6 Å². The van der Waals surface area contributed by atoms with Crippen LogP contribution < -0.4 is 4.74 Å². The first-order chi connectivity index (χ1) is 10.2. The minimum Gasteiger partial charge on any atom is -0.489 e. The molecule has 0 saturated carbocycles. The molecule has 110 valence electrons. The molecule has 3 rings (SSSR count). The molecular formula is C16H14Cl2OS2. The zero-order chi connectivity index (χ0) is 14.7. The van der Waals surface area contributed by atoms with Crippen molar-refractivity contribution in [3.63, 3.8) is 0 Å². The van der Waals surface area contributed by atoms with Gasteiger partial charge in [-0.05, 0) is 29.8 Å². The van der Waals surface area contributed by atoms with Crippen molar-refractivity contribution >= 4 is 46.7 Å². The average molecular weight is 357 g/mol. The van der Waals surface area contributed by atoms with Crippen LogP contribution in [0.25, 0.3) is 0 Å². The van der Waals surface area contributed by atoms with Gasteiger partial charge in [-0.3, -0.25) is 0 Å². The van der Waals surface area contributed by atoms with E-state index in [4.69, 9.17) is 27.9 Å². The van der Waals surface area contributed by atoms with Gasteiger partial charge in [0.15, 0.2) is 0 Å². The number of hydrogen-bond donors (Lipinski definition) is 0. The van der Waals surface area contributed by atoms with Gasteiger partial charge in [0.1, 0.15) is 12.4 Å². The molecular weight excluding hydrogens is 343 g/mol. The molecule has 0 radical (unpaired) electrons. The Hall–Kier alpha value is -0.480. The molecule has 2 aromatic rings. The molecule has 1 aliphatic heterocycles. The molecule has 1 heterocycles. The lowest BCUT2D eigenvalue weighted by molar-refractivity contribution is 0.306. The molecule has 5 heteroatoms. The first-order valence-corrected chi connectivity index (χ1v) is 9.47. The predicted octanol–water partition coefficient (Wildman–Crippen LogP) is 6.05. The smallest absolute Gasteiger partial charge is 0.119 e. The van der Waals surface area contributed by atoms with E-state index in [0.717, 1.165) is 11.3 Å². The molecule has 1 nitrogen and oxygen atoms in total. The second-order valence-corrected chi connectivity index (χ2v) is 8.23. The first-order valence-electron chi connectivity index (χ1n) is 6.62. The zero-order valence-corrected chi connectivity index (χ0v) is 14.4. The number of hydrogen-bond acceptors (Lipinski definition) is 3. The van der Waals surface area contributed by atoms with E-state index in [2.05, 4.69) is 12.1 Å². The Morgan fingerprint density at radius 1 is 1.00 bits per heavy atom. The lowest BCUT2D eigenvalue weighted by Gasteiger charge is -2.11. The van der Waals surface area contributed by atoms with Gasteiger partial charge < -0.3 is 4.74 Å². The van der Waals surface area contributed by atoms with Crippen LogP contribution >= 0.6 is 46.7 Å². The molecule has 21 heavy (non-hydrogen) atoms. The van der Waals surface area contributed by atoms with Gasteiger partial charge >= 0.3 is 0 Å². The van der Waals surface area contributed by atoms with Crippen LogP contribution in [0.5, 0.6) is 5.75 Å². The predicted molar refractivity (Wildman–Crippen MR) is 94.9 cm³/mol. The molecule has 1 aliphatic rings. The van der Waals surface area contributed by atoms with Crippen LogP contribution in [0, 0.1) is 0 Å². The van der Waals surface area contributed by atoms with Crippen LogP contribution in [-0.4, -0.2) is 11.5 Å². The largest absolute Gasteiger partial charge is 0.489 e. The summed E-state index contributed by atoms with van der Waals surface area (Å²) in [6, 6.07) is 13.8. The van der Waals surface area contributed by atoms with Gasteiger partial charge in [-0.15, -0.1) is 23.5 Å². The Kier molecular flexibility index (Phi) is 5.28. The Morgan fingerprint density at radius 2 is 1.71 bits per heavy atom. The zero-order valence-electron chi connectivity index (χ0n) is 11.2.